The molecular formula is C25H24N2O4. The largest absolute Gasteiger partial charge is 0.497 e. The zero-order valence-electron chi connectivity index (χ0n) is 17.4. The van der Waals surface area contributed by atoms with Crippen molar-refractivity contribution in [3.05, 3.63) is 95.7 Å². The van der Waals surface area contributed by atoms with Crippen molar-refractivity contribution < 1.29 is 19.1 Å². The standard InChI is InChI=1S/C25H24N2O4/c1-3-31-22-15-11-20(12-16-22)26-25(29)23(17-18-9-13-21(30-2)14-10-18)27-24(28)19-7-5-4-6-8-19/h4-17H,3H2,1-2H3,(H,26,29)(H,27,28). The summed E-state index contributed by atoms with van der Waals surface area (Å²) >= 11 is 0. The molecule has 0 aliphatic heterocycles. The van der Waals surface area contributed by atoms with Crippen molar-refractivity contribution in [1.82, 2.24) is 5.32 Å². The Morgan fingerprint density at radius 3 is 2.13 bits per heavy atom. The SMILES string of the molecule is CCOc1ccc(NC(=O)C(=Cc2ccc(OC)cc2)NC(=O)c2ccccc2)cc1. The monoisotopic (exact) mass is 416 g/mol. The third-order valence-corrected chi connectivity index (χ3v) is 4.38. The molecule has 0 atom stereocenters. The van der Waals surface area contributed by atoms with E-state index in [0.29, 0.717) is 29.4 Å². The van der Waals surface area contributed by atoms with Crippen LogP contribution in [0.15, 0.2) is 84.6 Å². The maximum absolute atomic E-state index is 13.0. The van der Waals surface area contributed by atoms with E-state index < -0.39 is 5.91 Å². The lowest BCUT2D eigenvalue weighted by molar-refractivity contribution is -0.113. The van der Waals surface area contributed by atoms with Gasteiger partial charge in [-0.15, -0.1) is 0 Å². The van der Waals surface area contributed by atoms with Gasteiger partial charge in [-0.1, -0.05) is 30.3 Å². The molecule has 3 rings (SSSR count). The number of methoxy groups -OCH3 is 1. The highest BCUT2D eigenvalue weighted by atomic mass is 16.5. The molecule has 0 saturated heterocycles. The van der Waals surface area contributed by atoms with E-state index in [-0.39, 0.29) is 11.6 Å². The van der Waals surface area contributed by atoms with Crippen molar-refractivity contribution >= 4 is 23.6 Å². The smallest absolute Gasteiger partial charge is 0.272 e. The molecule has 0 aromatic heterocycles. The number of carbonyl (C=O) groups excluding carboxylic acids is 2. The molecule has 0 unspecified atom stereocenters. The Hall–Kier alpha value is -4.06. The average molecular weight is 416 g/mol. The predicted molar refractivity (Wildman–Crippen MR) is 121 cm³/mol. The molecular weight excluding hydrogens is 392 g/mol. The maximum atomic E-state index is 13.0. The lowest BCUT2D eigenvalue weighted by Gasteiger charge is -2.12. The van der Waals surface area contributed by atoms with Gasteiger partial charge in [-0.3, -0.25) is 9.59 Å². The van der Waals surface area contributed by atoms with Crippen LogP contribution in [0.4, 0.5) is 5.69 Å². The summed E-state index contributed by atoms with van der Waals surface area (Å²) in [7, 11) is 1.58. The van der Waals surface area contributed by atoms with E-state index in [0.717, 1.165) is 5.56 Å². The van der Waals surface area contributed by atoms with Crippen molar-refractivity contribution in [2.75, 3.05) is 19.0 Å². The first kappa shape index (κ1) is 21.6. The summed E-state index contributed by atoms with van der Waals surface area (Å²) < 4.78 is 10.6. The average Bonchev–Trinajstić information content (AvgIpc) is 2.81. The van der Waals surface area contributed by atoms with Gasteiger partial charge in [0.2, 0.25) is 0 Å². The summed E-state index contributed by atoms with van der Waals surface area (Å²) in [5, 5.41) is 5.53. The van der Waals surface area contributed by atoms with Crippen molar-refractivity contribution in [2.24, 2.45) is 0 Å². The number of rotatable bonds is 8. The second-order valence-electron chi connectivity index (χ2n) is 6.56. The van der Waals surface area contributed by atoms with Gasteiger partial charge in [0, 0.05) is 11.3 Å². The Balaban J connectivity index is 1.83. The van der Waals surface area contributed by atoms with Gasteiger partial charge >= 0.3 is 0 Å². The molecule has 0 fully saturated rings. The van der Waals surface area contributed by atoms with E-state index in [1.807, 2.05) is 13.0 Å². The molecule has 0 saturated carbocycles. The van der Waals surface area contributed by atoms with Crippen molar-refractivity contribution in [1.29, 1.82) is 0 Å². The molecule has 3 aromatic carbocycles. The number of nitrogens with one attached hydrogen (secondary N) is 2. The molecule has 0 aliphatic carbocycles. The highest BCUT2D eigenvalue weighted by molar-refractivity contribution is 6.10. The highest BCUT2D eigenvalue weighted by Crippen LogP contribution is 2.18. The minimum absolute atomic E-state index is 0.118. The Morgan fingerprint density at radius 1 is 0.871 bits per heavy atom. The normalized spacial score (nSPS) is 10.8. The summed E-state index contributed by atoms with van der Waals surface area (Å²) in [5.74, 6) is 0.601. The highest BCUT2D eigenvalue weighted by Gasteiger charge is 2.15. The molecule has 158 valence electrons. The topological polar surface area (TPSA) is 76.7 Å². The summed E-state index contributed by atoms with van der Waals surface area (Å²) in [6, 6.07) is 22.9. The van der Waals surface area contributed by atoms with E-state index in [1.54, 1.807) is 86.0 Å². The number of ether oxygens (including phenoxy) is 2. The van der Waals surface area contributed by atoms with Gasteiger partial charge < -0.3 is 20.1 Å². The first-order valence-electron chi connectivity index (χ1n) is 9.85. The fourth-order valence-corrected chi connectivity index (χ4v) is 2.81. The zero-order valence-corrected chi connectivity index (χ0v) is 17.4. The lowest BCUT2D eigenvalue weighted by Crippen LogP contribution is -2.30. The van der Waals surface area contributed by atoms with Crippen LogP contribution >= 0.6 is 0 Å². The molecule has 0 aliphatic rings. The van der Waals surface area contributed by atoms with Crippen molar-refractivity contribution in [3.8, 4) is 11.5 Å². The number of benzene rings is 3. The summed E-state index contributed by atoms with van der Waals surface area (Å²) in [5.41, 5.74) is 1.90. The molecule has 0 spiro atoms. The Bertz CT molecular complexity index is 1040. The third kappa shape index (κ3) is 6.21. The van der Waals surface area contributed by atoms with Crippen LogP contribution in [0, 0.1) is 0 Å². The molecule has 6 heteroatoms. The summed E-state index contributed by atoms with van der Waals surface area (Å²) in [6.45, 7) is 2.47. The van der Waals surface area contributed by atoms with Crippen LogP contribution in [0.1, 0.15) is 22.8 Å². The fourth-order valence-electron chi connectivity index (χ4n) is 2.81. The molecule has 0 heterocycles. The Morgan fingerprint density at radius 2 is 1.52 bits per heavy atom. The van der Waals surface area contributed by atoms with E-state index in [4.69, 9.17) is 9.47 Å². The van der Waals surface area contributed by atoms with E-state index >= 15 is 0 Å². The number of anilines is 1. The second kappa shape index (κ2) is 10.6. The first-order valence-corrected chi connectivity index (χ1v) is 9.85. The third-order valence-electron chi connectivity index (χ3n) is 4.38. The molecule has 0 bridgehead atoms. The molecule has 3 aromatic rings. The van der Waals surface area contributed by atoms with Gasteiger partial charge in [-0.05, 0) is 67.1 Å². The van der Waals surface area contributed by atoms with Crippen LogP contribution in [0.5, 0.6) is 11.5 Å². The second-order valence-corrected chi connectivity index (χ2v) is 6.56. The van der Waals surface area contributed by atoms with E-state index in [1.165, 1.54) is 0 Å². The van der Waals surface area contributed by atoms with Crippen LogP contribution in [-0.2, 0) is 4.79 Å². The van der Waals surface area contributed by atoms with Gasteiger partial charge in [0.05, 0.1) is 13.7 Å². The van der Waals surface area contributed by atoms with Gasteiger partial charge in [0.15, 0.2) is 0 Å². The van der Waals surface area contributed by atoms with Crippen molar-refractivity contribution in [3.63, 3.8) is 0 Å². The van der Waals surface area contributed by atoms with E-state index in [2.05, 4.69) is 10.6 Å². The van der Waals surface area contributed by atoms with Crippen LogP contribution in [0.2, 0.25) is 0 Å². The van der Waals surface area contributed by atoms with Crippen LogP contribution in [0.3, 0.4) is 0 Å². The van der Waals surface area contributed by atoms with Crippen LogP contribution < -0.4 is 20.1 Å². The fraction of sp³-hybridized carbons (Fsp3) is 0.120. The first-order chi connectivity index (χ1) is 15.1. The van der Waals surface area contributed by atoms with Gasteiger partial charge in [-0.25, -0.2) is 0 Å². The Labute approximate surface area is 181 Å². The number of hydrogen-bond acceptors (Lipinski definition) is 4. The molecule has 31 heavy (non-hydrogen) atoms. The number of amides is 2. The van der Waals surface area contributed by atoms with Gasteiger partial charge in [-0.2, -0.15) is 0 Å². The zero-order chi connectivity index (χ0) is 22.1. The lowest BCUT2D eigenvalue weighted by atomic mass is 10.1. The number of hydrogen-bond donors (Lipinski definition) is 2. The van der Waals surface area contributed by atoms with Gasteiger partial charge in [0.1, 0.15) is 17.2 Å². The summed E-state index contributed by atoms with van der Waals surface area (Å²) in [6.07, 6.45) is 1.62. The molecule has 2 N–H and O–H groups in total. The van der Waals surface area contributed by atoms with Crippen molar-refractivity contribution in [2.45, 2.75) is 6.92 Å². The van der Waals surface area contributed by atoms with E-state index in [9.17, 15) is 9.59 Å². The van der Waals surface area contributed by atoms with Crippen LogP contribution in [-0.4, -0.2) is 25.5 Å². The minimum atomic E-state index is -0.441. The molecule has 2 amide bonds. The molecule has 0 radical (unpaired) electrons. The molecule has 6 nitrogen and oxygen atoms in total. The van der Waals surface area contributed by atoms with Gasteiger partial charge in [0.25, 0.3) is 11.8 Å². The quantitative estimate of drug-likeness (QED) is 0.530. The number of carbonyl (C=O) groups is 2. The maximum Gasteiger partial charge on any atom is 0.272 e. The van der Waals surface area contributed by atoms with Crippen LogP contribution in [0.25, 0.3) is 6.08 Å². The summed E-state index contributed by atoms with van der Waals surface area (Å²) in [4.78, 5) is 25.6. The predicted octanol–water partition coefficient (Wildman–Crippen LogP) is 4.50. The Kier molecular flexibility index (Phi) is 7.43. The minimum Gasteiger partial charge on any atom is -0.497 e.